The zero-order valence-electron chi connectivity index (χ0n) is 8.72. The lowest BCUT2D eigenvalue weighted by molar-refractivity contribution is 0.101. The third kappa shape index (κ3) is 1.39. The lowest BCUT2D eigenvalue weighted by Crippen LogP contribution is -2.16. The molecule has 0 saturated heterocycles. The highest BCUT2D eigenvalue weighted by atomic mass is 16.1. The van der Waals surface area contributed by atoms with Crippen LogP contribution in [0.25, 0.3) is 0 Å². The van der Waals surface area contributed by atoms with Gasteiger partial charge in [0.25, 0.3) is 0 Å². The van der Waals surface area contributed by atoms with Gasteiger partial charge >= 0.3 is 0 Å². The first kappa shape index (κ1) is 10.1. The summed E-state index contributed by atoms with van der Waals surface area (Å²) in [4.78, 5) is 19.0. The van der Waals surface area contributed by atoms with E-state index in [1.807, 2.05) is 0 Å². The van der Waals surface area contributed by atoms with Gasteiger partial charge in [0.05, 0.1) is 5.69 Å². The van der Waals surface area contributed by atoms with Crippen molar-refractivity contribution >= 4 is 23.8 Å². The predicted octanol–water partition coefficient (Wildman–Crippen LogP) is 0.210. The second-order valence-corrected chi connectivity index (χ2v) is 3.16. The van der Waals surface area contributed by atoms with Gasteiger partial charge < -0.3 is 0 Å². The van der Waals surface area contributed by atoms with E-state index >= 15 is 0 Å². The Labute approximate surface area is 90.7 Å². The van der Waals surface area contributed by atoms with Gasteiger partial charge in [-0.25, -0.2) is 9.98 Å². The molecule has 80 valence electrons. The van der Waals surface area contributed by atoms with Crippen molar-refractivity contribution in [1.29, 1.82) is 5.41 Å². The average molecular weight is 216 g/mol. The third-order valence-electron chi connectivity index (χ3n) is 2.13. The summed E-state index contributed by atoms with van der Waals surface area (Å²) in [5.74, 6) is 2.33. The summed E-state index contributed by atoms with van der Waals surface area (Å²) in [5, 5.41) is 14.6. The highest BCUT2D eigenvalue weighted by Gasteiger charge is 2.20. The van der Waals surface area contributed by atoms with Gasteiger partial charge in [0.15, 0.2) is 23.0 Å². The van der Waals surface area contributed by atoms with Crippen molar-refractivity contribution in [3.63, 3.8) is 0 Å². The molecule has 0 radical (unpaired) electrons. The smallest absolute Gasteiger partial charge is 0.192 e. The van der Waals surface area contributed by atoms with Gasteiger partial charge in [-0.3, -0.25) is 10.2 Å². The maximum Gasteiger partial charge on any atom is 0.192 e. The van der Waals surface area contributed by atoms with Crippen molar-refractivity contribution in [1.82, 2.24) is 15.0 Å². The number of allylic oxidation sites excluding steroid dienone is 1. The Kier molecular flexibility index (Phi) is 2.30. The van der Waals surface area contributed by atoms with Crippen LogP contribution < -0.4 is 0 Å². The molecule has 2 heterocycles. The van der Waals surface area contributed by atoms with Gasteiger partial charge in [0.1, 0.15) is 6.34 Å². The summed E-state index contributed by atoms with van der Waals surface area (Å²) in [7, 11) is 0. The Hall–Kier alpha value is -2.40. The number of ketones is 1. The number of rotatable bonds is 1. The van der Waals surface area contributed by atoms with Crippen molar-refractivity contribution in [2.24, 2.45) is 9.98 Å². The van der Waals surface area contributed by atoms with Crippen LogP contribution >= 0.6 is 0 Å². The van der Waals surface area contributed by atoms with Gasteiger partial charge in [0, 0.05) is 12.8 Å². The first-order valence-electron chi connectivity index (χ1n) is 4.49. The van der Waals surface area contributed by atoms with Crippen LogP contribution in [0.4, 0.5) is 0 Å². The fourth-order valence-corrected chi connectivity index (χ4v) is 1.36. The van der Waals surface area contributed by atoms with Crippen LogP contribution in [0.5, 0.6) is 0 Å². The number of hydrogen-bond donors (Lipinski definition) is 1. The molecule has 0 aromatic carbocycles. The third-order valence-corrected chi connectivity index (χ3v) is 2.13. The van der Waals surface area contributed by atoms with Crippen molar-refractivity contribution in [3.05, 3.63) is 17.1 Å². The molecule has 7 heteroatoms. The Morgan fingerprint density at radius 1 is 1.56 bits per heavy atom. The van der Waals surface area contributed by atoms with Crippen LogP contribution in [0.3, 0.4) is 0 Å². The molecule has 1 aliphatic rings. The first-order valence-corrected chi connectivity index (χ1v) is 4.49. The molecule has 0 fully saturated rings. The molecule has 1 N–H and O–H groups in total. The van der Waals surface area contributed by atoms with Crippen LogP contribution in [0.15, 0.2) is 15.7 Å². The maximum absolute atomic E-state index is 11.2. The highest BCUT2D eigenvalue weighted by molar-refractivity contribution is 6.12. The zero-order valence-corrected chi connectivity index (χ0v) is 8.72. The van der Waals surface area contributed by atoms with Crippen molar-refractivity contribution in [2.45, 2.75) is 13.8 Å². The van der Waals surface area contributed by atoms with E-state index in [0.29, 0.717) is 17.2 Å². The predicted molar refractivity (Wildman–Crippen MR) is 57.3 cm³/mol. The number of aliphatic imine (C=N–C) groups is 2. The van der Waals surface area contributed by atoms with E-state index in [1.165, 1.54) is 17.9 Å². The summed E-state index contributed by atoms with van der Waals surface area (Å²) in [6, 6.07) is 0. The van der Waals surface area contributed by atoms with Gasteiger partial charge in [-0.05, 0) is 6.92 Å². The quantitative estimate of drug-likeness (QED) is 0.536. The minimum atomic E-state index is -0.163. The Bertz CT molecular complexity index is 573. The average Bonchev–Trinajstić information content (AvgIpc) is 2.82. The number of hydrogen-bond acceptors (Lipinski definition) is 6. The fourth-order valence-electron chi connectivity index (χ4n) is 1.36. The van der Waals surface area contributed by atoms with E-state index < -0.39 is 0 Å². The molecule has 2 rings (SSSR count). The van der Waals surface area contributed by atoms with E-state index in [2.05, 4.69) is 26.2 Å². The van der Waals surface area contributed by atoms with Crippen LogP contribution in [-0.4, -0.2) is 38.8 Å². The number of Topliss-reactive ketones (excluding diaryl/α,β-unsaturated/α-hetero) is 1. The van der Waals surface area contributed by atoms with E-state index in [4.69, 9.17) is 5.41 Å². The minimum Gasteiger partial charge on any atom is -0.293 e. The van der Waals surface area contributed by atoms with Gasteiger partial charge in [-0.15, -0.1) is 5.10 Å². The molecule has 0 spiro atoms. The summed E-state index contributed by atoms with van der Waals surface area (Å²) in [6.45, 7) is 3.13. The number of carbonyl (C=O) groups is 1. The second-order valence-electron chi connectivity index (χ2n) is 3.16. The topological polar surface area (TPSA) is 96.3 Å². The van der Waals surface area contributed by atoms with E-state index in [1.54, 1.807) is 6.92 Å². The lowest BCUT2D eigenvalue weighted by atomic mass is 10.2. The normalized spacial score (nSPS) is 13.9. The molecule has 1 aliphatic heterocycles. The molecular formula is C9H8N6O. The number of aromatic nitrogens is 3. The molecule has 0 amide bonds. The molecule has 16 heavy (non-hydrogen) atoms. The highest BCUT2D eigenvalue weighted by Crippen LogP contribution is 2.10. The fraction of sp³-hybridized carbons (Fsp3) is 0.222. The molecule has 0 aliphatic carbocycles. The number of nitrogens with one attached hydrogen (secondary N) is 1. The van der Waals surface area contributed by atoms with Crippen molar-refractivity contribution in [3.8, 4) is 0 Å². The minimum absolute atomic E-state index is 0.163. The van der Waals surface area contributed by atoms with Crippen LogP contribution in [0.1, 0.15) is 23.1 Å². The first-order chi connectivity index (χ1) is 7.65. The largest absolute Gasteiger partial charge is 0.293 e. The van der Waals surface area contributed by atoms with Gasteiger partial charge in [-0.2, -0.15) is 4.68 Å². The van der Waals surface area contributed by atoms with Crippen LogP contribution in [-0.2, 0) is 0 Å². The molecule has 0 atom stereocenters. The summed E-state index contributed by atoms with van der Waals surface area (Å²) in [5.41, 5.74) is 1.13. The number of carbonyl (C=O) groups excluding carboxylic acids is 1. The molecule has 1 aromatic heterocycles. The molecule has 1 aromatic rings. The lowest BCUT2D eigenvalue weighted by Gasteiger charge is -2.00. The maximum atomic E-state index is 11.2. The van der Waals surface area contributed by atoms with Crippen LogP contribution in [0, 0.1) is 12.3 Å². The van der Waals surface area contributed by atoms with Gasteiger partial charge in [0.2, 0.25) is 0 Å². The van der Waals surface area contributed by atoms with E-state index in [-0.39, 0.29) is 11.5 Å². The Morgan fingerprint density at radius 3 is 2.88 bits per heavy atom. The summed E-state index contributed by atoms with van der Waals surface area (Å²) >= 11 is 0. The molecule has 0 unspecified atom stereocenters. The molecule has 7 nitrogen and oxygen atoms in total. The Morgan fingerprint density at radius 2 is 2.31 bits per heavy atom. The SMILES string of the molecule is CC(=O)c1nnn(C2=NC=NC2=C=N)c1C. The summed E-state index contributed by atoms with van der Waals surface area (Å²) in [6.07, 6.45) is 1.31. The zero-order chi connectivity index (χ0) is 11.7. The molecular weight excluding hydrogens is 208 g/mol. The van der Waals surface area contributed by atoms with E-state index in [0.717, 1.165) is 0 Å². The van der Waals surface area contributed by atoms with Gasteiger partial charge in [-0.1, -0.05) is 5.21 Å². The van der Waals surface area contributed by atoms with Crippen molar-refractivity contribution in [2.75, 3.05) is 0 Å². The second kappa shape index (κ2) is 3.63. The monoisotopic (exact) mass is 216 g/mol. The van der Waals surface area contributed by atoms with E-state index in [9.17, 15) is 4.79 Å². The standard InChI is InChI=1S/C9H8N6O/c1-5-8(6(2)16)13-14-15(5)9-7(3-10)11-4-12-9/h4,10H,1-2H3. The van der Waals surface area contributed by atoms with Crippen molar-refractivity contribution < 1.29 is 4.79 Å². The Balaban J connectivity index is 2.52. The molecule has 0 bridgehead atoms. The summed E-state index contributed by atoms with van der Waals surface area (Å²) < 4.78 is 1.38. The number of nitrogens with zero attached hydrogens (tertiary/aromatic N) is 5. The van der Waals surface area contributed by atoms with Crippen LogP contribution in [0.2, 0.25) is 0 Å². The molecule has 0 saturated carbocycles.